The largest absolute Gasteiger partial charge is 0.339 e. The number of nitrogens with zero attached hydrogens (tertiary/aromatic N) is 2. The Morgan fingerprint density at radius 3 is 2.80 bits per heavy atom. The maximum absolute atomic E-state index is 12.5. The fourth-order valence-corrected chi connectivity index (χ4v) is 2.75. The zero-order valence-corrected chi connectivity index (χ0v) is 14.2. The van der Waals surface area contributed by atoms with Crippen LogP contribution in [0.2, 0.25) is 5.15 Å². The lowest BCUT2D eigenvalue weighted by atomic mass is 10.1. The first kappa shape index (κ1) is 17.3. The van der Waals surface area contributed by atoms with Crippen LogP contribution in [-0.4, -0.2) is 40.9 Å². The Labute approximate surface area is 131 Å². The quantitative estimate of drug-likeness (QED) is 0.716. The molecule has 1 aromatic rings. The average molecular weight is 315 g/mol. The van der Waals surface area contributed by atoms with Crippen molar-refractivity contribution in [2.75, 3.05) is 19.1 Å². The van der Waals surface area contributed by atoms with Crippen LogP contribution in [0, 0.1) is 0 Å². The number of carbonyl (C=O) groups excluding carboxylic acids is 1. The lowest BCUT2D eigenvalue weighted by molar-refractivity contribution is 0.0741. The number of hydrogen-bond acceptors (Lipinski definition) is 3. The van der Waals surface area contributed by atoms with Gasteiger partial charge < -0.3 is 4.90 Å². The molecule has 0 aliphatic rings. The van der Waals surface area contributed by atoms with Gasteiger partial charge in [0.05, 0.1) is 0 Å². The SMILES string of the molecule is CCCc1cc(C(=O)N(C)C(C)CCSC)cc(Cl)n1. The summed E-state index contributed by atoms with van der Waals surface area (Å²) in [7, 11) is 1.85. The van der Waals surface area contributed by atoms with Crippen LogP contribution in [0.3, 0.4) is 0 Å². The van der Waals surface area contributed by atoms with Gasteiger partial charge in [0.2, 0.25) is 0 Å². The highest BCUT2D eigenvalue weighted by Gasteiger charge is 2.18. The number of halogens is 1. The van der Waals surface area contributed by atoms with Crippen molar-refractivity contribution >= 4 is 29.3 Å². The number of pyridine rings is 1. The van der Waals surface area contributed by atoms with Gasteiger partial charge in [0, 0.05) is 24.3 Å². The Kier molecular flexibility index (Phi) is 7.38. The first-order chi connectivity index (χ1) is 9.49. The van der Waals surface area contributed by atoms with E-state index in [9.17, 15) is 4.79 Å². The molecular formula is C15H23ClN2OS. The molecule has 0 aromatic carbocycles. The smallest absolute Gasteiger partial charge is 0.254 e. The van der Waals surface area contributed by atoms with Crippen LogP contribution in [0.5, 0.6) is 0 Å². The van der Waals surface area contributed by atoms with E-state index in [1.807, 2.05) is 13.1 Å². The number of amides is 1. The second-order valence-electron chi connectivity index (χ2n) is 4.97. The highest BCUT2D eigenvalue weighted by atomic mass is 35.5. The monoisotopic (exact) mass is 314 g/mol. The highest BCUT2D eigenvalue weighted by Crippen LogP contribution is 2.16. The molecule has 1 aromatic heterocycles. The van der Waals surface area contributed by atoms with Crippen LogP contribution >= 0.6 is 23.4 Å². The molecule has 0 radical (unpaired) electrons. The summed E-state index contributed by atoms with van der Waals surface area (Å²) in [6, 6.07) is 3.73. The van der Waals surface area contributed by atoms with Gasteiger partial charge in [0.15, 0.2) is 0 Å². The third kappa shape index (κ3) is 4.98. The van der Waals surface area contributed by atoms with Gasteiger partial charge in [-0.2, -0.15) is 11.8 Å². The number of aryl methyl sites for hydroxylation is 1. The Bertz CT molecular complexity index is 453. The van der Waals surface area contributed by atoms with Crippen molar-refractivity contribution < 1.29 is 4.79 Å². The molecule has 1 rings (SSSR count). The lowest BCUT2D eigenvalue weighted by Crippen LogP contribution is -2.35. The maximum atomic E-state index is 12.5. The zero-order valence-electron chi connectivity index (χ0n) is 12.6. The van der Waals surface area contributed by atoms with E-state index in [0.717, 1.165) is 30.7 Å². The van der Waals surface area contributed by atoms with Gasteiger partial charge in [-0.15, -0.1) is 0 Å². The van der Waals surface area contributed by atoms with Gasteiger partial charge in [-0.05, 0) is 43.9 Å². The molecule has 5 heteroatoms. The van der Waals surface area contributed by atoms with Gasteiger partial charge in [-0.3, -0.25) is 4.79 Å². The fourth-order valence-electron chi connectivity index (χ4n) is 1.94. The molecule has 0 aliphatic carbocycles. The van der Waals surface area contributed by atoms with Crippen LogP contribution in [0.25, 0.3) is 0 Å². The summed E-state index contributed by atoms with van der Waals surface area (Å²) in [5.74, 6) is 1.07. The summed E-state index contributed by atoms with van der Waals surface area (Å²) < 4.78 is 0. The molecule has 112 valence electrons. The van der Waals surface area contributed by atoms with Gasteiger partial charge in [0.25, 0.3) is 5.91 Å². The molecule has 1 unspecified atom stereocenters. The van der Waals surface area contributed by atoms with E-state index in [1.165, 1.54) is 0 Å². The zero-order chi connectivity index (χ0) is 15.1. The molecule has 0 bridgehead atoms. The molecule has 0 N–H and O–H groups in total. The summed E-state index contributed by atoms with van der Waals surface area (Å²) >= 11 is 7.81. The van der Waals surface area contributed by atoms with E-state index in [-0.39, 0.29) is 11.9 Å². The average Bonchev–Trinajstić information content (AvgIpc) is 2.42. The van der Waals surface area contributed by atoms with E-state index < -0.39 is 0 Å². The van der Waals surface area contributed by atoms with Crippen molar-refractivity contribution in [1.82, 2.24) is 9.88 Å². The minimum absolute atomic E-state index is 0.0141. The summed E-state index contributed by atoms with van der Waals surface area (Å²) in [6.45, 7) is 4.16. The number of hydrogen-bond donors (Lipinski definition) is 0. The Morgan fingerprint density at radius 1 is 1.50 bits per heavy atom. The third-order valence-electron chi connectivity index (χ3n) is 3.32. The number of aromatic nitrogens is 1. The molecule has 0 aliphatic heterocycles. The van der Waals surface area contributed by atoms with Crippen LogP contribution in [0.15, 0.2) is 12.1 Å². The van der Waals surface area contributed by atoms with Crippen LogP contribution in [0.4, 0.5) is 0 Å². The van der Waals surface area contributed by atoms with E-state index in [1.54, 1.807) is 22.7 Å². The third-order valence-corrected chi connectivity index (χ3v) is 4.16. The molecular weight excluding hydrogens is 292 g/mol. The fraction of sp³-hybridized carbons (Fsp3) is 0.600. The first-order valence-electron chi connectivity index (χ1n) is 6.92. The predicted octanol–water partition coefficient (Wildman–Crippen LogP) is 3.90. The van der Waals surface area contributed by atoms with Crippen molar-refractivity contribution in [2.24, 2.45) is 0 Å². The molecule has 20 heavy (non-hydrogen) atoms. The first-order valence-corrected chi connectivity index (χ1v) is 8.69. The number of thioether (sulfide) groups is 1. The van der Waals surface area contributed by atoms with E-state index >= 15 is 0 Å². The topological polar surface area (TPSA) is 33.2 Å². The van der Waals surface area contributed by atoms with E-state index in [4.69, 9.17) is 11.6 Å². The Hall–Kier alpha value is -0.740. The number of rotatable bonds is 7. The minimum atomic E-state index is 0.0141. The van der Waals surface area contributed by atoms with Crippen LogP contribution in [-0.2, 0) is 6.42 Å². The molecule has 0 fully saturated rings. The van der Waals surface area contributed by atoms with Gasteiger partial charge >= 0.3 is 0 Å². The predicted molar refractivity (Wildman–Crippen MR) is 87.8 cm³/mol. The van der Waals surface area contributed by atoms with Crippen molar-refractivity contribution in [2.45, 2.75) is 39.2 Å². The molecule has 1 heterocycles. The van der Waals surface area contributed by atoms with Gasteiger partial charge in [0.1, 0.15) is 5.15 Å². The maximum Gasteiger partial charge on any atom is 0.254 e. The molecule has 0 saturated heterocycles. The lowest BCUT2D eigenvalue weighted by Gasteiger charge is -2.25. The summed E-state index contributed by atoms with van der Waals surface area (Å²) in [4.78, 5) is 18.5. The summed E-state index contributed by atoms with van der Waals surface area (Å²) in [5, 5.41) is 0.393. The summed E-state index contributed by atoms with van der Waals surface area (Å²) in [5.41, 5.74) is 1.51. The normalized spacial score (nSPS) is 12.2. The van der Waals surface area contributed by atoms with Crippen molar-refractivity contribution in [3.63, 3.8) is 0 Å². The standard InChI is InChI=1S/C15H23ClN2OS/c1-5-6-13-9-12(10-14(16)17-13)15(19)18(3)11(2)7-8-20-4/h9-11H,5-8H2,1-4H3. The number of carbonyl (C=O) groups is 1. The Morgan fingerprint density at radius 2 is 2.20 bits per heavy atom. The molecule has 0 spiro atoms. The van der Waals surface area contributed by atoms with Gasteiger partial charge in [-0.1, -0.05) is 24.9 Å². The van der Waals surface area contributed by atoms with Gasteiger partial charge in [-0.25, -0.2) is 4.98 Å². The minimum Gasteiger partial charge on any atom is -0.339 e. The molecule has 1 amide bonds. The van der Waals surface area contributed by atoms with Crippen LogP contribution in [0.1, 0.15) is 42.7 Å². The molecule has 3 nitrogen and oxygen atoms in total. The Balaban J connectivity index is 2.85. The van der Waals surface area contributed by atoms with E-state index in [0.29, 0.717) is 10.7 Å². The second-order valence-corrected chi connectivity index (χ2v) is 6.34. The summed E-state index contributed by atoms with van der Waals surface area (Å²) in [6.07, 6.45) is 4.89. The van der Waals surface area contributed by atoms with Crippen LogP contribution < -0.4 is 0 Å². The molecule has 1 atom stereocenters. The second kappa shape index (κ2) is 8.53. The van der Waals surface area contributed by atoms with Crippen molar-refractivity contribution in [3.05, 3.63) is 28.5 Å². The van der Waals surface area contributed by atoms with E-state index in [2.05, 4.69) is 25.1 Å². The van der Waals surface area contributed by atoms with Crippen molar-refractivity contribution in [1.29, 1.82) is 0 Å². The highest BCUT2D eigenvalue weighted by molar-refractivity contribution is 7.98. The van der Waals surface area contributed by atoms with Crippen molar-refractivity contribution in [3.8, 4) is 0 Å². The molecule has 0 saturated carbocycles.